The average molecular weight is 378 g/mol. The van der Waals surface area contributed by atoms with E-state index in [1.54, 1.807) is 0 Å². The third-order valence-electron chi connectivity index (χ3n) is 4.12. The first-order valence-corrected chi connectivity index (χ1v) is 8.63. The molecule has 1 aliphatic carbocycles. The van der Waals surface area contributed by atoms with Gasteiger partial charge in [0.2, 0.25) is 5.91 Å². The topological polar surface area (TPSA) is 86.0 Å². The van der Waals surface area contributed by atoms with Crippen LogP contribution in [0.5, 0.6) is 0 Å². The van der Waals surface area contributed by atoms with Crippen LogP contribution in [0, 0.1) is 11.6 Å². The lowest BCUT2D eigenvalue weighted by molar-refractivity contribution is -0.116. The lowest BCUT2D eigenvalue weighted by Crippen LogP contribution is -2.41. The third kappa shape index (κ3) is 2.81. The van der Waals surface area contributed by atoms with Crippen LogP contribution in [0.2, 0.25) is 0 Å². The van der Waals surface area contributed by atoms with E-state index in [4.69, 9.17) is 0 Å². The van der Waals surface area contributed by atoms with Crippen molar-refractivity contribution in [2.24, 2.45) is 0 Å². The monoisotopic (exact) mass is 378 g/mol. The molecule has 2 heterocycles. The van der Waals surface area contributed by atoms with Gasteiger partial charge < -0.3 is 5.32 Å². The van der Waals surface area contributed by atoms with Crippen molar-refractivity contribution in [3.05, 3.63) is 56.1 Å². The second kappa shape index (κ2) is 6.13. The van der Waals surface area contributed by atoms with Crippen molar-refractivity contribution in [3.8, 4) is 0 Å². The minimum Gasteiger partial charge on any atom is -0.322 e. The van der Waals surface area contributed by atoms with Gasteiger partial charge in [0, 0.05) is 17.5 Å². The molecule has 3 aromatic rings. The number of benzene rings is 1. The predicted molar refractivity (Wildman–Crippen MR) is 91.4 cm³/mol. The molecule has 7 nitrogen and oxygen atoms in total. The fourth-order valence-corrected chi connectivity index (χ4v) is 3.41. The van der Waals surface area contributed by atoms with Crippen LogP contribution in [0.1, 0.15) is 18.9 Å². The van der Waals surface area contributed by atoms with Crippen LogP contribution in [0.15, 0.2) is 33.2 Å². The van der Waals surface area contributed by atoms with Crippen LogP contribution in [-0.2, 0) is 11.3 Å². The average Bonchev–Trinajstić information content (AvgIpc) is 3.29. The first-order valence-electron chi connectivity index (χ1n) is 7.80. The minimum absolute atomic E-state index is 0.127. The lowest BCUT2D eigenvalue weighted by atomic mass is 10.3. The van der Waals surface area contributed by atoms with E-state index in [2.05, 4.69) is 9.69 Å². The number of fused-ring (bicyclic) bond motifs is 1. The minimum atomic E-state index is -0.920. The molecule has 134 valence electrons. The zero-order valence-electron chi connectivity index (χ0n) is 13.2. The number of carbonyl (C=O) groups is 1. The van der Waals surface area contributed by atoms with E-state index in [0.717, 1.165) is 45.6 Å². The van der Waals surface area contributed by atoms with Crippen molar-refractivity contribution in [1.29, 1.82) is 0 Å². The first-order chi connectivity index (χ1) is 12.5. The summed E-state index contributed by atoms with van der Waals surface area (Å²) in [6, 6.07) is 2.58. The van der Waals surface area contributed by atoms with Gasteiger partial charge in [0.05, 0.1) is 11.2 Å². The van der Waals surface area contributed by atoms with Crippen LogP contribution < -0.4 is 16.6 Å². The van der Waals surface area contributed by atoms with Gasteiger partial charge in [0.15, 0.2) is 5.52 Å². The van der Waals surface area contributed by atoms with Gasteiger partial charge in [-0.2, -0.15) is 4.37 Å². The molecular weight excluding hydrogens is 366 g/mol. The summed E-state index contributed by atoms with van der Waals surface area (Å²) < 4.78 is 32.9. The Kier molecular flexibility index (Phi) is 3.91. The predicted octanol–water partition coefficient (Wildman–Crippen LogP) is 1.87. The molecule has 26 heavy (non-hydrogen) atoms. The number of aromatic nitrogens is 3. The molecular formula is C16H12F2N4O3S. The summed E-state index contributed by atoms with van der Waals surface area (Å²) in [6.45, 7) is -0.419. The zero-order valence-corrected chi connectivity index (χ0v) is 14.1. The van der Waals surface area contributed by atoms with Crippen molar-refractivity contribution in [1.82, 2.24) is 13.5 Å². The summed E-state index contributed by atoms with van der Waals surface area (Å²) in [5, 5.41) is 3.82. The van der Waals surface area contributed by atoms with Crippen molar-refractivity contribution < 1.29 is 13.6 Å². The van der Waals surface area contributed by atoms with Gasteiger partial charge in [0.25, 0.3) is 5.56 Å². The molecule has 0 radical (unpaired) electrons. The number of halogens is 2. The van der Waals surface area contributed by atoms with Crippen LogP contribution in [0.3, 0.4) is 0 Å². The van der Waals surface area contributed by atoms with E-state index in [9.17, 15) is 23.2 Å². The maximum absolute atomic E-state index is 13.7. The zero-order chi connectivity index (χ0) is 18.4. The summed E-state index contributed by atoms with van der Waals surface area (Å²) >= 11 is 1.01. The molecule has 2 aromatic heterocycles. The molecule has 0 aliphatic heterocycles. The Labute approximate surface area is 148 Å². The number of carbonyl (C=O) groups excluding carboxylic acids is 1. The summed E-state index contributed by atoms with van der Waals surface area (Å²) in [5.74, 6) is -2.36. The summed E-state index contributed by atoms with van der Waals surface area (Å²) in [5.41, 5.74) is -0.867. The molecule has 1 amide bonds. The van der Waals surface area contributed by atoms with Crippen LogP contribution in [-0.4, -0.2) is 19.4 Å². The van der Waals surface area contributed by atoms with E-state index >= 15 is 0 Å². The van der Waals surface area contributed by atoms with Crippen molar-refractivity contribution in [3.63, 3.8) is 0 Å². The number of amides is 1. The highest BCUT2D eigenvalue weighted by Crippen LogP contribution is 2.32. The Morgan fingerprint density at radius 3 is 2.77 bits per heavy atom. The van der Waals surface area contributed by atoms with E-state index < -0.39 is 35.3 Å². The van der Waals surface area contributed by atoms with Gasteiger partial charge >= 0.3 is 5.69 Å². The maximum atomic E-state index is 13.7. The fraction of sp³-hybridized carbons (Fsp3) is 0.250. The van der Waals surface area contributed by atoms with Gasteiger partial charge in [-0.05, 0) is 36.5 Å². The number of nitrogens with one attached hydrogen (secondary N) is 1. The van der Waals surface area contributed by atoms with Crippen molar-refractivity contribution in [2.45, 2.75) is 25.4 Å². The maximum Gasteiger partial charge on any atom is 0.332 e. The van der Waals surface area contributed by atoms with Gasteiger partial charge in [0.1, 0.15) is 18.2 Å². The number of hydrogen-bond acceptors (Lipinski definition) is 5. The number of hydrogen-bond donors (Lipinski definition) is 1. The molecule has 0 spiro atoms. The van der Waals surface area contributed by atoms with Gasteiger partial charge in [-0.3, -0.25) is 18.7 Å². The SMILES string of the molecule is O=C(Cn1c(=O)n(C2CC2)c(=O)c2nscc21)Nc1ccc(F)cc1F. The highest BCUT2D eigenvalue weighted by Gasteiger charge is 2.29. The fourth-order valence-electron chi connectivity index (χ4n) is 2.74. The molecule has 1 saturated carbocycles. The molecule has 0 unspecified atom stereocenters. The van der Waals surface area contributed by atoms with Gasteiger partial charge in [-0.25, -0.2) is 13.6 Å². The molecule has 4 rings (SSSR count). The molecule has 10 heteroatoms. The van der Waals surface area contributed by atoms with Gasteiger partial charge in [-0.15, -0.1) is 0 Å². The Hall–Kier alpha value is -2.88. The van der Waals surface area contributed by atoms with Crippen molar-refractivity contribution >= 4 is 34.2 Å². The number of rotatable bonds is 4. The van der Waals surface area contributed by atoms with E-state index in [-0.39, 0.29) is 22.8 Å². The number of anilines is 1. The van der Waals surface area contributed by atoms with Crippen molar-refractivity contribution in [2.75, 3.05) is 5.32 Å². The lowest BCUT2D eigenvalue weighted by Gasteiger charge is -2.11. The van der Waals surface area contributed by atoms with Crippen LogP contribution in [0.25, 0.3) is 11.0 Å². The Morgan fingerprint density at radius 2 is 2.08 bits per heavy atom. The second-order valence-electron chi connectivity index (χ2n) is 6.00. The second-order valence-corrected chi connectivity index (χ2v) is 6.62. The molecule has 0 bridgehead atoms. The standard InChI is InChI=1S/C16H12F2N4O3S/c17-8-1-4-11(10(18)5-8)19-13(23)6-21-12-7-26-20-14(12)15(24)22(16(21)25)9-2-3-9/h1,4-5,7,9H,2-3,6H2,(H,19,23). The summed E-state index contributed by atoms with van der Waals surface area (Å²) in [4.78, 5) is 37.4. The third-order valence-corrected chi connectivity index (χ3v) is 4.74. The summed E-state index contributed by atoms with van der Waals surface area (Å²) in [6.07, 6.45) is 1.44. The molecule has 0 saturated heterocycles. The van der Waals surface area contributed by atoms with E-state index in [1.165, 1.54) is 5.38 Å². The normalized spacial score (nSPS) is 13.9. The largest absolute Gasteiger partial charge is 0.332 e. The molecule has 1 aliphatic rings. The highest BCUT2D eigenvalue weighted by molar-refractivity contribution is 7.04. The first kappa shape index (κ1) is 16.6. The smallest absolute Gasteiger partial charge is 0.322 e. The summed E-state index contributed by atoms with van der Waals surface area (Å²) in [7, 11) is 0. The van der Waals surface area contributed by atoms with E-state index in [0.29, 0.717) is 6.07 Å². The molecule has 0 atom stereocenters. The number of nitrogens with zero attached hydrogens (tertiary/aromatic N) is 3. The molecule has 1 N–H and O–H groups in total. The molecule has 1 aromatic carbocycles. The Balaban J connectivity index is 1.71. The van der Waals surface area contributed by atoms with Crippen LogP contribution in [0.4, 0.5) is 14.5 Å². The Bertz CT molecular complexity index is 1150. The van der Waals surface area contributed by atoms with E-state index in [1.807, 2.05) is 0 Å². The molecule has 1 fully saturated rings. The quantitative estimate of drug-likeness (QED) is 0.751. The highest BCUT2D eigenvalue weighted by atomic mass is 32.1. The Morgan fingerprint density at radius 1 is 1.31 bits per heavy atom. The van der Waals surface area contributed by atoms with Crippen LogP contribution >= 0.6 is 11.5 Å². The van der Waals surface area contributed by atoms with Gasteiger partial charge in [-0.1, -0.05) is 0 Å².